The number of carbonyl (C=O) groups is 3. The first-order valence-electron chi connectivity index (χ1n) is 12.0. The Kier molecular flexibility index (Phi) is 6.73. The van der Waals surface area contributed by atoms with Crippen LogP contribution < -0.4 is 10.6 Å². The molecule has 34 heavy (non-hydrogen) atoms. The van der Waals surface area contributed by atoms with E-state index in [0.717, 1.165) is 31.2 Å². The number of nitrogens with one attached hydrogen (secondary N) is 2. The van der Waals surface area contributed by atoms with Crippen LogP contribution in [0.25, 0.3) is 0 Å². The van der Waals surface area contributed by atoms with Gasteiger partial charge < -0.3 is 10.1 Å². The molecule has 1 unspecified atom stereocenters. The number of rotatable bonds is 5. The minimum atomic E-state index is -0.623. The Morgan fingerprint density at radius 3 is 2.44 bits per heavy atom. The van der Waals surface area contributed by atoms with Gasteiger partial charge in [-0.2, -0.15) is 0 Å². The van der Waals surface area contributed by atoms with Gasteiger partial charge in [0.05, 0.1) is 11.9 Å². The molecule has 2 saturated carbocycles. The third-order valence-corrected chi connectivity index (χ3v) is 6.81. The summed E-state index contributed by atoms with van der Waals surface area (Å²) in [5, 5.41) is 5.34. The number of benzene rings is 1. The molecule has 4 rings (SSSR count). The van der Waals surface area contributed by atoms with Gasteiger partial charge >= 0.3 is 6.09 Å². The summed E-state index contributed by atoms with van der Waals surface area (Å²) in [4.78, 5) is 42.6. The van der Waals surface area contributed by atoms with Crippen LogP contribution in [0.15, 0.2) is 42.6 Å². The maximum Gasteiger partial charge on any atom is 0.413 e. The fourth-order valence-electron chi connectivity index (χ4n) is 5.47. The fraction of sp³-hybridized carbons (Fsp3) is 0.481. The number of hydrogen-bond donors (Lipinski definition) is 2. The van der Waals surface area contributed by atoms with Crippen molar-refractivity contribution in [3.63, 3.8) is 0 Å². The van der Waals surface area contributed by atoms with Gasteiger partial charge in [-0.05, 0) is 81.9 Å². The molecule has 2 aliphatic carbocycles. The molecule has 1 heterocycles. The minimum absolute atomic E-state index is 0.0819. The van der Waals surface area contributed by atoms with Crippen molar-refractivity contribution in [2.45, 2.75) is 64.9 Å². The third kappa shape index (κ3) is 5.46. The molecule has 0 saturated heterocycles. The number of anilines is 2. The van der Waals surface area contributed by atoms with Crippen LogP contribution in [0, 0.1) is 24.7 Å². The lowest BCUT2D eigenvalue weighted by molar-refractivity contribution is -0.138. The fourth-order valence-corrected chi connectivity index (χ4v) is 5.47. The summed E-state index contributed by atoms with van der Waals surface area (Å²) >= 11 is 0. The third-order valence-electron chi connectivity index (χ3n) is 6.81. The molecule has 2 fully saturated rings. The zero-order chi connectivity index (χ0) is 24.5. The van der Waals surface area contributed by atoms with Gasteiger partial charge in [-0.25, -0.2) is 9.78 Å². The van der Waals surface area contributed by atoms with E-state index in [1.54, 1.807) is 33.8 Å². The monoisotopic (exact) mass is 463 g/mol. The summed E-state index contributed by atoms with van der Waals surface area (Å²) in [5.74, 6) is 0.111. The molecule has 2 N–H and O–H groups in total. The molecule has 2 amide bonds. The highest BCUT2D eigenvalue weighted by atomic mass is 16.6. The largest absolute Gasteiger partial charge is 0.444 e. The molecular weight excluding hydrogens is 430 g/mol. The Morgan fingerprint density at radius 1 is 1.03 bits per heavy atom. The normalized spacial score (nSPS) is 23.8. The molecule has 1 aromatic heterocycles. The van der Waals surface area contributed by atoms with Crippen molar-refractivity contribution in [1.82, 2.24) is 4.98 Å². The molecule has 2 aliphatic rings. The topological polar surface area (TPSA) is 97.4 Å². The Bertz CT molecular complexity index is 1080. The first kappa shape index (κ1) is 23.9. The number of fused-ring (bicyclic) bond motifs is 2. The molecule has 7 nitrogen and oxygen atoms in total. The lowest BCUT2D eigenvalue weighted by Gasteiger charge is -2.36. The smallest absolute Gasteiger partial charge is 0.413 e. The van der Waals surface area contributed by atoms with E-state index in [4.69, 9.17) is 4.74 Å². The highest BCUT2D eigenvalue weighted by Gasteiger charge is 2.46. The molecule has 2 aromatic rings. The zero-order valence-electron chi connectivity index (χ0n) is 20.3. The van der Waals surface area contributed by atoms with Gasteiger partial charge in [-0.3, -0.25) is 14.9 Å². The Balaban J connectivity index is 1.45. The maximum absolute atomic E-state index is 13.3. The van der Waals surface area contributed by atoms with Crippen molar-refractivity contribution in [1.29, 1.82) is 0 Å². The number of hydrogen-bond acceptors (Lipinski definition) is 5. The lowest BCUT2D eigenvalue weighted by atomic mass is 9.67. The van der Waals surface area contributed by atoms with Gasteiger partial charge in [0, 0.05) is 5.92 Å². The highest BCUT2D eigenvalue weighted by molar-refractivity contribution is 6.41. The SMILES string of the molecule is Cc1cc(NC(=O)C(=O)C2C[C@H]3CC[C@H](C3)[C@@H]2c2ccccc2)cnc1NC(=O)OC(C)(C)C. The van der Waals surface area contributed by atoms with Crippen LogP contribution in [0.5, 0.6) is 0 Å². The van der Waals surface area contributed by atoms with Crippen molar-refractivity contribution in [3.05, 3.63) is 53.7 Å². The van der Waals surface area contributed by atoms with Crippen LogP contribution in [0.3, 0.4) is 0 Å². The molecular formula is C27H33N3O4. The van der Waals surface area contributed by atoms with E-state index < -0.39 is 17.6 Å². The summed E-state index contributed by atoms with van der Waals surface area (Å²) in [5.41, 5.74) is 1.59. The second-order valence-electron chi connectivity index (χ2n) is 10.6. The maximum atomic E-state index is 13.3. The second-order valence-corrected chi connectivity index (χ2v) is 10.6. The van der Waals surface area contributed by atoms with Crippen molar-refractivity contribution < 1.29 is 19.1 Å². The average molecular weight is 464 g/mol. The average Bonchev–Trinajstić information content (AvgIpc) is 3.15. The molecule has 1 aromatic carbocycles. The number of aryl methyl sites for hydroxylation is 1. The van der Waals surface area contributed by atoms with E-state index >= 15 is 0 Å². The number of ether oxygens (including phenoxy) is 1. The van der Waals surface area contributed by atoms with Gasteiger partial charge in [0.15, 0.2) is 0 Å². The van der Waals surface area contributed by atoms with Gasteiger partial charge in [0.1, 0.15) is 11.4 Å². The predicted octanol–water partition coefficient (Wildman–Crippen LogP) is 5.46. The van der Waals surface area contributed by atoms with Gasteiger partial charge in [0.25, 0.3) is 5.91 Å². The molecule has 180 valence electrons. The summed E-state index contributed by atoms with van der Waals surface area (Å²) in [6, 6.07) is 11.8. The lowest BCUT2D eigenvalue weighted by Crippen LogP contribution is -2.38. The number of Topliss-reactive ketones (excluding diaryl/α,β-unsaturated/α-hetero) is 1. The van der Waals surface area contributed by atoms with Gasteiger partial charge in [0.2, 0.25) is 5.78 Å². The van der Waals surface area contributed by atoms with E-state index in [9.17, 15) is 14.4 Å². The number of amides is 2. The Morgan fingerprint density at radius 2 is 1.76 bits per heavy atom. The first-order valence-corrected chi connectivity index (χ1v) is 12.0. The van der Waals surface area contributed by atoms with E-state index in [2.05, 4.69) is 27.8 Å². The molecule has 0 radical (unpaired) electrons. The highest BCUT2D eigenvalue weighted by Crippen LogP contribution is 2.52. The number of aromatic nitrogens is 1. The summed E-state index contributed by atoms with van der Waals surface area (Å²) < 4.78 is 5.25. The predicted molar refractivity (Wildman–Crippen MR) is 131 cm³/mol. The standard InChI is InChI=1S/C27H33N3O4/c1-16-12-20(15-28-24(16)30-26(33)34-27(2,3)4)29-25(32)23(31)21-14-17-10-11-19(13-17)22(21)18-8-6-5-7-9-18/h5-9,12,15,17,19,21-22H,10-11,13-14H2,1-4H3,(H,29,32)(H,28,30,33)/t17-,19+,21?,22-/m0/s1. The van der Waals surface area contributed by atoms with Crippen molar-refractivity contribution in [2.24, 2.45) is 17.8 Å². The van der Waals surface area contributed by atoms with E-state index in [-0.39, 0.29) is 17.6 Å². The van der Waals surface area contributed by atoms with Crippen LogP contribution in [0.4, 0.5) is 16.3 Å². The zero-order valence-corrected chi connectivity index (χ0v) is 20.3. The number of carbonyl (C=O) groups excluding carboxylic acids is 3. The summed E-state index contributed by atoms with van der Waals surface area (Å²) in [7, 11) is 0. The van der Waals surface area contributed by atoms with Crippen molar-refractivity contribution in [3.8, 4) is 0 Å². The quantitative estimate of drug-likeness (QED) is 0.574. The Hall–Kier alpha value is -3.22. The molecule has 7 heteroatoms. The molecule has 0 aliphatic heterocycles. The second kappa shape index (κ2) is 9.57. The van der Waals surface area contributed by atoms with Crippen LogP contribution in [0.2, 0.25) is 0 Å². The molecule has 2 bridgehead atoms. The number of ketones is 1. The van der Waals surface area contributed by atoms with E-state index in [1.165, 1.54) is 6.20 Å². The minimum Gasteiger partial charge on any atom is -0.444 e. The molecule has 0 spiro atoms. The van der Waals surface area contributed by atoms with Crippen molar-refractivity contribution >= 4 is 29.3 Å². The van der Waals surface area contributed by atoms with Gasteiger partial charge in [-0.1, -0.05) is 36.8 Å². The van der Waals surface area contributed by atoms with Crippen LogP contribution in [0.1, 0.15) is 63.5 Å². The van der Waals surface area contributed by atoms with Crippen molar-refractivity contribution in [2.75, 3.05) is 10.6 Å². The summed E-state index contributed by atoms with van der Waals surface area (Å²) in [6.45, 7) is 7.11. The van der Waals surface area contributed by atoms with Crippen LogP contribution in [-0.2, 0) is 14.3 Å². The summed E-state index contributed by atoms with van der Waals surface area (Å²) in [6.07, 6.45) is 4.98. The van der Waals surface area contributed by atoms with Crippen LogP contribution >= 0.6 is 0 Å². The van der Waals surface area contributed by atoms with Gasteiger partial charge in [-0.15, -0.1) is 0 Å². The number of pyridine rings is 1. The van der Waals surface area contributed by atoms with E-state index in [0.29, 0.717) is 28.9 Å². The number of nitrogens with zero attached hydrogens (tertiary/aromatic N) is 1. The van der Waals surface area contributed by atoms with E-state index in [1.807, 2.05) is 18.2 Å². The van der Waals surface area contributed by atoms with Crippen LogP contribution in [-0.4, -0.2) is 28.4 Å². The Labute approximate surface area is 200 Å². The first-order chi connectivity index (χ1) is 16.1. The molecule has 4 atom stereocenters.